The summed E-state index contributed by atoms with van der Waals surface area (Å²) in [6, 6.07) is 9.13. The Bertz CT molecular complexity index is 693. The molecule has 0 radical (unpaired) electrons. The van der Waals surface area contributed by atoms with Gasteiger partial charge in [-0.2, -0.15) is 0 Å². The molecule has 0 spiro atoms. The fourth-order valence-electron chi connectivity index (χ4n) is 3.14. The highest BCUT2D eigenvalue weighted by molar-refractivity contribution is 9.10. The molecule has 1 fully saturated rings. The maximum absolute atomic E-state index is 11.9. The van der Waals surface area contributed by atoms with E-state index < -0.39 is 12.0 Å². The highest BCUT2D eigenvalue weighted by Gasteiger charge is 2.33. The number of carboxylic acids is 1. The third-order valence-corrected chi connectivity index (χ3v) is 5.27. The van der Waals surface area contributed by atoms with Gasteiger partial charge in [0.15, 0.2) is 6.04 Å². The number of hydrogen-bond donors (Lipinski definition) is 1. The number of benzene rings is 1. The average Bonchev–Trinajstić information content (AvgIpc) is 2.85. The smallest absolute Gasteiger partial charge is 0.327 e. The average molecular weight is 378 g/mol. The maximum atomic E-state index is 11.9. The first-order chi connectivity index (χ1) is 11.1. The van der Waals surface area contributed by atoms with Crippen molar-refractivity contribution in [2.24, 2.45) is 7.05 Å². The number of carboxylic acid groups (broad SMARTS) is 1. The largest absolute Gasteiger partial charge is 0.480 e. The van der Waals surface area contributed by atoms with Crippen molar-refractivity contribution < 1.29 is 9.90 Å². The van der Waals surface area contributed by atoms with Crippen LogP contribution in [0.3, 0.4) is 0 Å². The third-order valence-electron chi connectivity index (χ3n) is 4.33. The van der Waals surface area contributed by atoms with Gasteiger partial charge in [0.25, 0.3) is 0 Å². The van der Waals surface area contributed by atoms with Crippen molar-refractivity contribution in [2.75, 3.05) is 13.1 Å². The van der Waals surface area contributed by atoms with Crippen LogP contribution in [0.4, 0.5) is 0 Å². The molecule has 5 nitrogen and oxygen atoms in total. The van der Waals surface area contributed by atoms with Crippen LogP contribution < -0.4 is 0 Å². The molecule has 23 heavy (non-hydrogen) atoms. The van der Waals surface area contributed by atoms with E-state index in [-0.39, 0.29) is 0 Å². The molecule has 1 aromatic heterocycles. The molecule has 3 rings (SSSR count). The highest BCUT2D eigenvalue weighted by atomic mass is 79.9. The zero-order chi connectivity index (χ0) is 16.4. The summed E-state index contributed by atoms with van der Waals surface area (Å²) in [5.41, 5.74) is 1.56. The van der Waals surface area contributed by atoms with Crippen LogP contribution in [0.1, 0.15) is 31.0 Å². The first kappa shape index (κ1) is 16.2. The summed E-state index contributed by atoms with van der Waals surface area (Å²) in [6.07, 6.45) is 3.25. The van der Waals surface area contributed by atoms with Gasteiger partial charge in [0.05, 0.1) is 0 Å². The number of carbonyl (C=O) groups is 1. The summed E-state index contributed by atoms with van der Waals surface area (Å²) in [6.45, 7) is 1.61. The van der Waals surface area contributed by atoms with Crippen LogP contribution >= 0.6 is 15.9 Å². The molecule has 1 unspecified atom stereocenters. The van der Waals surface area contributed by atoms with Gasteiger partial charge < -0.3 is 9.67 Å². The number of aromatic nitrogens is 2. The van der Waals surface area contributed by atoms with Crippen LogP contribution in [-0.2, 0) is 11.8 Å². The number of likely N-dealkylation sites (tertiary alicyclic amines) is 1. The number of imidazole rings is 1. The van der Waals surface area contributed by atoms with Gasteiger partial charge in [-0.1, -0.05) is 36.8 Å². The van der Waals surface area contributed by atoms with E-state index in [1.165, 1.54) is 6.42 Å². The Labute approximate surface area is 144 Å². The number of piperidine rings is 1. The fraction of sp³-hybridized carbons (Fsp3) is 0.412. The van der Waals surface area contributed by atoms with E-state index in [1.54, 1.807) is 0 Å². The Balaban J connectivity index is 2.02. The van der Waals surface area contributed by atoms with Crippen molar-refractivity contribution in [3.8, 4) is 11.4 Å². The number of halogens is 1. The van der Waals surface area contributed by atoms with E-state index in [4.69, 9.17) is 0 Å². The molecule has 2 heterocycles. The van der Waals surface area contributed by atoms with Gasteiger partial charge in [0.1, 0.15) is 16.1 Å². The van der Waals surface area contributed by atoms with E-state index in [9.17, 15) is 9.90 Å². The number of aliphatic carboxylic acids is 1. The lowest BCUT2D eigenvalue weighted by molar-refractivity contribution is -0.144. The minimum absolute atomic E-state index is 0.584. The summed E-state index contributed by atoms with van der Waals surface area (Å²) in [5, 5.41) is 9.76. The first-order valence-electron chi connectivity index (χ1n) is 7.84. The van der Waals surface area contributed by atoms with Crippen molar-refractivity contribution in [1.82, 2.24) is 14.5 Å². The molecule has 1 aliphatic heterocycles. The van der Waals surface area contributed by atoms with Gasteiger partial charge in [-0.05, 0) is 41.9 Å². The SMILES string of the molecule is Cn1c(-c2ccccc2)nc(C(C(=O)O)N2CCCCC2)c1Br. The van der Waals surface area contributed by atoms with Crippen LogP contribution in [0.2, 0.25) is 0 Å². The van der Waals surface area contributed by atoms with Gasteiger partial charge >= 0.3 is 5.97 Å². The van der Waals surface area contributed by atoms with Crippen LogP contribution in [0.25, 0.3) is 11.4 Å². The molecular formula is C17H20BrN3O2. The predicted octanol–water partition coefficient (Wildman–Crippen LogP) is 3.46. The lowest BCUT2D eigenvalue weighted by atomic mass is 10.1. The second-order valence-corrected chi connectivity index (χ2v) is 6.63. The van der Waals surface area contributed by atoms with Crippen LogP contribution in [-0.4, -0.2) is 38.6 Å². The summed E-state index contributed by atoms with van der Waals surface area (Å²) in [5.74, 6) is -0.0685. The number of rotatable bonds is 4. The lowest BCUT2D eigenvalue weighted by Gasteiger charge is -2.31. The van der Waals surface area contributed by atoms with Crippen molar-refractivity contribution in [2.45, 2.75) is 25.3 Å². The number of nitrogens with zero attached hydrogens (tertiary/aromatic N) is 3. The molecule has 1 atom stereocenters. The molecule has 0 aliphatic carbocycles. The normalized spacial score (nSPS) is 17.1. The van der Waals surface area contributed by atoms with E-state index in [2.05, 4.69) is 20.9 Å². The zero-order valence-corrected chi connectivity index (χ0v) is 14.7. The van der Waals surface area contributed by atoms with Gasteiger partial charge in [-0.15, -0.1) is 0 Å². The van der Waals surface area contributed by atoms with Crippen LogP contribution in [0.5, 0.6) is 0 Å². The third kappa shape index (κ3) is 3.19. The van der Waals surface area contributed by atoms with Crippen molar-refractivity contribution in [3.63, 3.8) is 0 Å². The Morgan fingerprint density at radius 1 is 1.22 bits per heavy atom. The van der Waals surface area contributed by atoms with Crippen LogP contribution in [0.15, 0.2) is 34.9 Å². The molecule has 1 saturated heterocycles. The number of hydrogen-bond acceptors (Lipinski definition) is 3. The quantitative estimate of drug-likeness (QED) is 0.885. The Morgan fingerprint density at radius 3 is 2.48 bits per heavy atom. The van der Waals surface area contributed by atoms with E-state index in [1.807, 2.05) is 46.8 Å². The summed E-state index contributed by atoms with van der Waals surface area (Å²) >= 11 is 3.54. The fourth-order valence-corrected chi connectivity index (χ4v) is 3.62. The van der Waals surface area contributed by atoms with Gasteiger partial charge in [-0.25, -0.2) is 4.98 Å². The Hall–Kier alpha value is -1.66. The standard InChI is InChI=1S/C17H20BrN3O2/c1-20-15(18)13(19-16(20)12-8-4-2-5-9-12)14(17(22)23)21-10-6-3-7-11-21/h2,4-5,8-9,14H,3,6-7,10-11H2,1H3,(H,22,23). The predicted molar refractivity (Wildman–Crippen MR) is 92.1 cm³/mol. The molecular weight excluding hydrogens is 358 g/mol. The van der Waals surface area contributed by atoms with Crippen molar-refractivity contribution in [3.05, 3.63) is 40.6 Å². The zero-order valence-electron chi connectivity index (χ0n) is 13.1. The van der Waals surface area contributed by atoms with E-state index in [0.717, 1.165) is 41.9 Å². The second-order valence-electron chi connectivity index (χ2n) is 5.87. The summed E-state index contributed by atoms with van der Waals surface area (Å²) in [7, 11) is 1.90. The Morgan fingerprint density at radius 2 is 1.87 bits per heavy atom. The van der Waals surface area contributed by atoms with Gasteiger partial charge in [0, 0.05) is 12.6 Å². The molecule has 0 bridgehead atoms. The minimum atomic E-state index is -0.842. The van der Waals surface area contributed by atoms with E-state index >= 15 is 0 Å². The molecule has 1 N–H and O–H groups in total. The molecule has 122 valence electrons. The van der Waals surface area contributed by atoms with Gasteiger partial charge in [-0.3, -0.25) is 9.69 Å². The maximum Gasteiger partial charge on any atom is 0.327 e. The van der Waals surface area contributed by atoms with Crippen LogP contribution in [0, 0.1) is 0 Å². The first-order valence-corrected chi connectivity index (χ1v) is 8.63. The van der Waals surface area contributed by atoms with Crippen molar-refractivity contribution in [1.29, 1.82) is 0 Å². The summed E-state index contributed by atoms with van der Waals surface area (Å²) < 4.78 is 2.64. The van der Waals surface area contributed by atoms with E-state index in [0.29, 0.717) is 5.69 Å². The summed E-state index contributed by atoms with van der Waals surface area (Å²) in [4.78, 5) is 18.6. The molecule has 0 saturated carbocycles. The molecule has 6 heteroatoms. The molecule has 1 aliphatic rings. The molecule has 1 aromatic carbocycles. The topological polar surface area (TPSA) is 58.4 Å². The Kier molecular flexibility index (Phi) is 4.82. The second kappa shape index (κ2) is 6.84. The highest BCUT2D eigenvalue weighted by Crippen LogP contribution is 2.33. The van der Waals surface area contributed by atoms with Gasteiger partial charge in [0.2, 0.25) is 0 Å². The molecule has 2 aromatic rings. The van der Waals surface area contributed by atoms with Crippen molar-refractivity contribution >= 4 is 21.9 Å². The minimum Gasteiger partial charge on any atom is -0.480 e. The lowest BCUT2D eigenvalue weighted by Crippen LogP contribution is -2.38. The monoisotopic (exact) mass is 377 g/mol. The molecule has 0 amide bonds.